The van der Waals surface area contributed by atoms with Crippen LogP contribution < -0.4 is 0 Å². The van der Waals surface area contributed by atoms with E-state index in [0.717, 1.165) is 19.5 Å². The summed E-state index contributed by atoms with van der Waals surface area (Å²) >= 11 is 0. The van der Waals surface area contributed by atoms with Crippen LogP contribution in [-0.2, 0) is 11.3 Å². The van der Waals surface area contributed by atoms with Crippen molar-refractivity contribution in [1.82, 2.24) is 14.8 Å². The summed E-state index contributed by atoms with van der Waals surface area (Å²) in [5, 5.41) is 0. The van der Waals surface area contributed by atoms with Crippen molar-refractivity contribution >= 4 is 5.91 Å². The molecule has 1 aromatic heterocycles. The topological polar surface area (TPSA) is 45.7 Å². The first-order valence-electron chi connectivity index (χ1n) is 9.10. The van der Waals surface area contributed by atoms with Crippen LogP contribution in [0.4, 0.5) is 8.78 Å². The van der Waals surface area contributed by atoms with Gasteiger partial charge < -0.3 is 9.64 Å². The van der Waals surface area contributed by atoms with Gasteiger partial charge >= 0.3 is 0 Å². The van der Waals surface area contributed by atoms with Crippen LogP contribution in [0.15, 0.2) is 42.6 Å². The predicted octanol–water partition coefficient (Wildman–Crippen LogP) is 2.48. The van der Waals surface area contributed by atoms with Crippen molar-refractivity contribution < 1.29 is 18.3 Å². The van der Waals surface area contributed by atoms with Gasteiger partial charge in [-0.15, -0.1) is 0 Å². The first-order valence-corrected chi connectivity index (χ1v) is 9.10. The Labute approximate surface area is 156 Å². The van der Waals surface area contributed by atoms with Gasteiger partial charge in [0.15, 0.2) is 0 Å². The molecule has 4 rings (SSSR count). The molecule has 2 fully saturated rings. The van der Waals surface area contributed by atoms with Gasteiger partial charge in [-0.3, -0.25) is 9.69 Å². The number of piperazine rings is 1. The van der Waals surface area contributed by atoms with Gasteiger partial charge in [-0.25, -0.2) is 9.37 Å². The van der Waals surface area contributed by atoms with E-state index in [0.29, 0.717) is 24.2 Å². The zero-order valence-electron chi connectivity index (χ0n) is 14.9. The second kappa shape index (κ2) is 7.70. The highest BCUT2D eigenvalue weighted by atomic mass is 19.1. The number of rotatable bonds is 4. The van der Waals surface area contributed by atoms with E-state index in [2.05, 4.69) is 9.88 Å². The van der Waals surface area contributed by atoms with Crippen LogP contribution in [-0.4, -0.2) is 59.0 Å². The molecular formula is C20H21F2N3O2. The first kappa shape index (κ1) is 18.0. The number of amides is 1. The fourth-order valence-corrected chi connectivity index (χ4v) is 3.84. The fourth-order valence-electron chi connectivity index (χ4n) is 3.84. The molecule has 2 aliphatic rings. The van der Waals surface area contributed by atoms with Gasteiger partial charge in [0.2, 0.25) is 5.95 Å². The maximum absolute atomic E-state index is 13.7. The highest BCUT2D eigenvalue weighted by Crippen LogP contribution is 2.26. The zero-order valence-corrected chi connectivity index (χ0v) is 14.9. The normalized spacial score (nSPS) is 22.7. The Kier molecular flexibility index (Phi) is 5.13. The van der Waals surface area contributed by atoms with Crippen LogP contribution in [0.2, 0.25) is 0 Å². The van der Waals surface area contributed by atoms with Crippen LogP contribution in [0.25, 0.3) is 0 Å². The Hall–Kier alpha value is -2.38. The van der Waals surface area contributed by atoms with Crippen LogP contribution in [0.5, 0.6) is 0 Å². The van der Waals surface area contributed by atoms with Gasteiger partial charge in [-0.2, -0.15) is 4.39 Å². The summed E-state index contributed by atoms with van der Waals surface area (Å²) in [5.74, 6) is -1.08. The number of hydrogen-bond acceptors (Lipinski definition) is 4. The second-order valence-corrected chi connectivity index (χ2v) is 7.03. The fraction of sp³-hybridized carbons (Fsp3) is 0.400. The summed E-state index contributed by atoms with van der Waals surface area (Å²) in [6.45, 7) is 2.97. The largest absolute Gasteiger partial charge is 0.372 e. The smallest absolute Gasteiger partial charge is 0.254 e. The van der Waals surface area contributed by atoms with E-state index in [1.54, 1.807) is 23.1 Å². The summed E-state index contributed by atoms with van der Waals surface area (Å²) in [6, 6.07) is 9.53. The lowest BCUT2D eigenvalue weighted by molar-refractivity contribution is 0.0438. The van der Waals surface area contributed by atoms with Crippen molar-refractivity contribution in [2.75, 3.05) is 26.2 Å². The lowest BCUT2D eigenvalue weighted by atomic mass is 10.1. The van der Waals surface area contributed by atoms with Crippen molar-refractivity contribution in [3.05, 3.63) is 65.5 Å². The molecule has 0 spiro atoms. The van der Waals surface area contributed by atoms with Crippen molar-refractivity contribution in [1.29, 1.82) is 0 Å². The van der Waals surface area contributed by atoms with E-state index in [9.17, 15) is 13.6 Å². The molecule has 1 amide bonds. The Morgan fingerprint density at radius 2 is 2.04 bits per heavy atom. The van der Waals surface area contributed by atoms with Crippen molar-refractivity contribution in [3.8, 4) is 0 Å². The zero-order chi connectivity index (χ0) is 18.8. The SMILES string of the molecule is O=C(c1ccnc(F)c1)N1CCN2C[C@H](OCc3ccccc3F)C[C@H]2C1. The van der Waals surface area contributed by atoms with Gasteiger partial charge in [0, 0.05) is 55.6 Å². The Morgan fingerprint density at radius 1 is 1.19 bits per heavy atom. The number of pyridine rings is 1. The molecule has 5 nitrogen and oxygen atoms in total. The summed E-state index contributed by atoms with van der Waals surface area (Å²) < 4.78 is 32.9. The van der Waals surface area contributed by atoms with E-state index in [1.807, 2.05) is 0 Å². The third-order valence-electron chi connectivity index (χ3n) is 5.27. The number of aromatic nitrogens is 1. The Balaban J connectivity index is 1.34. The molecule has 1 aromatic carbocycles. The molecule has 0 unspecified atom stereocenters. The molecule has 2 aromatic rings. The molecule has 2 atom stereocenters. The van der Waals surface area contributed by atoms with E-state index in [4.69, 9.17) is 4.74 Å². The Morgan fingerprint density at radius 3 is 2.85 bits per heavy atom. The molecule has 3 heterocycles. The molecule has 0 saturated carbocycles. The molecule has 7 heteroatoms. The van der Waals surface area contributed by atoms with Crippen LogP contribution in [0.1, 0.15) is 22.3 Å². The van der Waals surface area contributed by atoms with E-state index >= 15 is 0 Å². The minimum absolute atomic E-state index is 0.0167. The number of fused-ring (bicyclic) bond motifs is 1. The molecule has 0 radical (unpaired) electrons. The van der Waals surface area contributed by atoms with Crippen molar-refractivity contribution in [2.45, 2.75) is 25.2 Å². The van der Waals surface area contributed by atoms with Crippen LogP contribution >= 0.6 is 0 Å². The number of nitrogens with zero attached hydrogens (tertiary/aromatic N) is 3. The third-order valence-corrected chi connectivity index (χ3v) is 5.27. The monoisotopic (exact) mass is 373 g/mol. The predicted molar refractivity (Wildman–Crippen MR) is 95.1 cm³/mol. The van der Waals surface area contributed by atoms with Crippen LogP contribution in [0.3, 0.4) is 0 Å². The standard InChI is InChI=1S/C20H21F2N3O2/c21-18-4-2-1-3-15(18)13-27-17-10-16-11-25(8-7-24(16)12-17)20(26)14-5-6-23-19(22)9-14/h1-6,9,16-17H,7-8,10-13H2/t16-,17+/m0/s1. The summed E-state index contributed by atoms with van der Waals surface area (Å²) in [6.07, 6.45) is 2.12. The maximum atomic E-state index is 13.7. The molecular weight excluding hydrogens is 352 g/mol. The first-order chi connectivity index (χ1) is 13.1. The lowest BCUT2D eigenvalue weighted by Crippen LogP contribution is -2.52. The quantitative estimate of drug-likeness (QED) is 0.773. The van der Waals surface area contributed by atoms with Crippen molar-refractivity contribution in [2.24, 2.45) is 0 Å². The minimum atomic E-state index is -0.651. The summed E-state index contributed by atoms with van der Waals surface area (Å²) in [4.78, 5) is 20.2. The molecule has 0 aliphatic carbocycles. The van der Waals surface area contributed by atoms with E-state index < -0.39 is 5.95 Å². The van der Waals surface area contributed by atoms with Crippen molar-refractivity contribution in [3.63, 3.8) is 0 Å². The number of benzene rings is 1. The van der Waals surface area contributed by atoms with E-state index in [-0.39, 0.29) is 30.5 Å². The van der Waals surface area contributed by atoms with Gasteiger partial charge in [0.05, 0.1) is 12.7 Å². The number of carbonyl (C=O) groups excluding carboxylic acids is 1. The molecule has 27 heavy (non-hydrogen) atoms. The molecule has 2 aliphatic heterocycles. The molecule has 0 bridgehead atoms. The second-order valence-electron chi connectivity index (χ2n) is 7.03. The highest BCUT2D eigenvalue weighted by molar-refractivity contribution is 5.94. The number of ether oxygens (including phenoxy) is 1. The summed E-state index contributed by atoms with van der Waals surface area (Å²) in [5.41, 5.74) is 0.875. The number of halogens is 2. The average Bonchev–Trinajstić information content (AvgIpc) is 3.09. The lowest BCUT2D eigenvalue weighted by Gasteiger charge is -2.37. The summed E-state index contributed by atoms with van der Waals surface area (Å²) in [7, 11) is 0. The van der Waals surface area contributed by atoms with Gasteiger partial charge in [-0.1, -0.05) is 18.2 Å². The van der Waals surface area contributed by atoms with E-state index in [1.165, 1.54) is 24.4 Å². The third kappa shape index (κ3) is 3.99. The van der Waals surface area contributed by atoms with Gasteiger partial charge in [-0.05, 0) is 18.6 Å². The van der Waals surface area contributed by atoms with Gasteiger partial charge in [0.1, 0.15) is 5.82 Å². The maximum Gasteiger partial charge on any atom is 0.254 e. The average molecular weight is 373 g/mol. The van der Waals surface area contributed by atoms with Gasteiger partial charge in [0.25, 0.3) is 5.91 Å². The number of hydrogen-bond donors (Lipinski definition) is 0. The van der Waals surface area contributed by atoms with Crippen LogP contribution in [0, 0.1) is 11.8 Å². The highest BCUT2D eigenvalue weighted by Gasteiger charge is 2.38. The minimum Gasteiger partial charge on any atom is -0.372 e. The number of carbonyl (C=O) groups is 1. The Bertz CT molecular complexity index is 832. The molecule has 142 valence electrons. The molecule has 0 N–H and O–H groups in total. The molecule has 2 saturated heterocycles.